The van der Waals surface area contributed by atoms with Crippen molar-refractivity contribution in [3.05, 3.63) is 66.0 Å². The van der Waals surface area contributed by atoms with Crippen LogP contribution in [0.15, 0.2) is 59.6 Å². The Labute approximate surface area is 178 Å². The molecule has 0 bridgehead atoms. The molecule has 0 spiro atoms. The van der Waals surface area contributed by atoms with Gasteiger partial charge in [0.05, 0.1) is 0 Å². The van der Waals surface area contributed by atoms with Gasteiger partial charge in [0.2, 0.25) is 0 Å². The van der Waals surface area contributed by atoms with Crippen LogP contribution in [0.25, 0.3) is 0 Å². The number of nitrogens with zero attached hydrogens (tertiary/aromatic N) is 2. The van der Waals surface area contributed by atoms with E-state index in [0.717, 1.165) is 31.2 Å². The first-order valence-corrected chi connectivity index (χ1v) is 9.24. The van der Waals surface area contributed by atoms with E-state index >= 15 is 0 Å². The molecule has 0 aromatic heterocycles. The van der Waals surface area contributed by atoms with Gasteiger partial charge in [0.1, 0.15) is 5.82 Å². The third-order valence-corrected chi connectivity index (χ3v) is 4.83. The Morgan fingerprint density at radius 3 is 2.59 bits per heavy atom. The number of guanidine groups is 1. The molecule has 4 nitrogen and oxygen atoms in total. The van der Waals surface area contributed by atoms with Gasteiger partial charge in [-0.05, 0) is 42.5 Å². The largest absolute Gasteiger partial charge is 0.371 e. The van der Waals surface area contributed by atoms with E-state index in [1.54, 1.807) is 13.1 Å². The van der Waals surface area contributed by atoms with Gasteiger partial charge in [0.25, 0.3) is 0 Å². The zero-order valence-electron chi connectivity index (χ0n) is 15.7. The Kier molecular flexibility index (Phi) is 8.84. The summed E-state index contributed by atoms with van der Waals surface area (Å²) >= 11 is 0. The van der Waals surface area contributed by atoms with E-state index in [0.29, 0.717) is 18.9 Å². The fraction of sp³-hybridized carbons (Fsp3) is 0.381. The highest BCUT2D eigenvalue weighted by atomic mass is 127. The minimum absolute atomic E-state index is 0. The van der Waals surface area contributed by atoms with Crippen LogP contribution in [0.2, 0.25) is 0 Å². The number of hydrogen-bond acceptors (Lipinski definition) is 2. The summed E-state index contributed by atoms with van der Waals surface area (Å²) in [5.41, 5.74) is 2.02. The average Bonchev–Trinajstić information content (AvgIpc) is 3.16. The monoisotopic (exact) mass is 482 g/mol. The zero-order chi connectivity index (χ0) is 18.2. The van der Waals surface area contributed by atoms with Crippen molar-refractivity contribution in [1.82, 2.24) is 10.6 Å². The van der Waals surface area contributed by atoms with E-state index in [1.807, 2.05) is 12.1 Å². The van der Waals surface area contributed by atoms with Crippen molar-refractivity contribution in [2.24, 2.45) is 10.9 Å². The molecule has 27 heavy (non-hydrogen) atoms. The number of anilines is 1. The Morgan fingerprint density at radius 1 is 1.11 bits per heavy atom. The van der Waals surface area contributed by atoms with Gasteiger partial charge in [-0.25, -0.2) is 4.39 Å². The molecule has 2 aromatic rings. The maximum absolute atomic E-state index is 13.6. The normalized spacial score (nSPS) is 16.7. The number of nitrogens with one attached hydrogen (secondary N) is 2. The molecule has 0 radical (unpaired) electrons. The first-order chi connectivity index (χ1) is 12.8. The van der Waals surface area contributed by atoms with Crippen molar-refractivity contribution in [3.8, 4) is 0 Å². The molecule has 1 unspecified atom stereocenters. The maximum Gasteiger partial charge on any atom is 0.190 e. The molecule has 0 saturated carbocycles. The van der Waals surface area contributed by atoms with Crippen LogP contribution in [0.1, 0.15) is 12.0 Å². The van der Waals surface area contributed by atoms with Crippen LogP contribution >= 0.6 is 24.0 Å². The van der Waals surface area contributed by atoms with Crippen molar-refractivity contribution in [3.63, 3.8) is 0 Å². The number of aliphatic imine (C=N–C) groups is 1. The lowest BCUT2D eigenvalue weighted by Crippen LogP contribution is -2.41. The molecule has 2 N–H and O–H groups in total. The molecular weight excluding hydrogens is 454 g/mol. The van der Waals surface area contributed by atoms with Crippen LogP contribution in [-0.2, 0) is 6.42 Å². The van der Waals surface area contributed by atoms with Crippen LogP contribution in [0.4, 0.5) is 10.1 Å². The van der Waals surface area contributed by atoms with Gasteiger partial charge in [-0.3, -0.25) is 4.99 Å². The summed E-state index contributed by atoms with van der Waals surface area (Å²) in [6, 6.07) is 17.5. The molecule has 1 atom stereocenters. The highest BCUT2D eigenvalue weighted by Gasteiger charge is 2.22. The minimum atomic E-state index is -0.149. The third-order valence-electron chi connectivity index (χ3n) is 4.83. The predicted molar refractivity (Wildman–Crippen MR) is 122 cm³/mol. The number of rotatable bonds is 6. The average molecular weight is 482 g/mol. The second-order valence-electron chi connectivity index (χ2n) is 6.66. The predicted octanol–water partition coefficient (Wildman–Crippen LogP) is 3.68. The molecule has 2 aromatic carbocycles. The van der Waals surface area contributed by atoms with Crippen LogP contribution in [0, 0.1) is 11.7 Å². The SMILES string of the molecule is CN=C(NCCc1ccccc1F)NCC1CCN(c2ccccc2)C1.I. The summed E-state index contributed by atoms with van der Waals surface area (Å²) in [6.07, 6.45) is 1.81. The summed E-state index contributed by atoms with van der Waals surface area (Å²) in [4.78, 5) is 6.70. The van der Waals surface area contributed by atoms with Gasteiger partial charge < -0.3 is 15.5 Å². The highest BCUT2D eigenvalue weighted by molar-refractivity contribution is 14.0. The Hall–Kier alpha value is -1.83. The van der Waals surface area contributed by atoms with E-state index < -0.39 is 0 Å². The zero-order valence-corrected chi connectivity index (χ0v) is 18.0. The summed E-state index contributed by atoms with van der Waals surface area (Å²) < 4.78 is 13.6. The molecule has 1 aliphatic heterocycles. The van der Waals surface area contributed by atoms with E-state index in [-0.39, 0.29) is 29.8 Å². The van der Waals surface area contributed by atoms with E-state index in [4.69, 9.17) is 0 Å². The van der Waals surface area contributed by atoms with E-state index in [1.165, 1.54) is 18.2 Å². The standard InChI is InChI=1S/C21H27FN4.HI/c1-23-21(24-13-11-18-7-5-6-10-20(18)22)25-15-17-12-14-26(16-17)19-8-3-2-4-9-19;/h2-10,17H,11-16H2,1H3,(H2,23,24,25);1H. The van der Waals surface area contributed by atoms with Crippen molar-refractivity contribution in [1.29, 1.82) is 0 Å². The second-order valence-corrected chi connectivity index (χ2v) is 6.66. The molecule has 6 heteroatoms. The quantitative estimate of drug-likeness (QED) is 0.375. The molecule has 1 aliphatic rings. The van der Waals surface area contributed by atoms with Crippen molar-refractivity contribution in [2.75, 3.05) is 38.1 Å². The lowest BCUT2D eigenvalue weighted by molar-refractivity contribution is 0.565. The highest BCUT2D eigenvalue weighted by Crippen LogP contribution is 2.22. The lowest BCUT2D eigenvalue weighted by atomic mass is 10.1. The van der Waals surface area contributed by atoms with Crippen LogP contribution in [-0.4, -0.2) is 39.2 Å². The van der Waals surface area contributed by atoms with Gasteiger partial charge in [-0.1, -0.05) is 36.4 Å². The number of para-hydroxylation sites is 1. The van der Waals surface area contributed by atoms with E-state index in [9.17, 15) is 4.39 Å². The van der Waals surface area contributed by atoms with Crippen molar-refractivity contribution in [2.45, 2.75) is 12.8 Å². The van der Waals surface area contributed by atoms with Gasteiger partial charge in [-0.2, -0.15) is 0 Å². The molecular formula is C21H28FIN4. The third kappa shape index (κ3) is 6.37. The molecule has 146 valence electrons. The molecule has 0 amide bonds. The second kappa shape index (κ2) is 11.1. The fourth-order valence-corrected chi connectivity index (χ4v) is 3.35. The first-order valence-electron chi connectivity index (χ1n) is 9.24. The smallest absolute Gasteiger partial charge is 0.190 e. The minimum Gasteiger partial charge on any atom is -0.371 e. The van der Waals surface area contributed by atoms with Crippen LogP contribution in [0.5, 0.6) is 0 Å². The Balaban J connectivity index is 0.00000261. The summed E-state index contributed by atoms with van der Waals surface area (Å²) in [6.45, 7) is 3.70. The van der Waals surface area contributed by atoms with E-state index in [2.05, 4.69) is 50.9 Å². The lowest BCUT2D eigenvalue weighted by Gasteiger charge is -2.19. The van der Waals surface area contributed by atoms with Gasteiger partial charge in [-0.15, -0.1) is 24.0 Å². The Morgan fingerprint density at radius 2 is 1.85 bits per heavy atom. The van der Waals surface area contributed by atoms with Crippen molar-refractivity contribution < 1.29 is 4.39 Å². The van der Waals surface area contributed by atoms with Gasteiger partial charge in [0.15, 0.2) is 5.96 Å². The van der Waals surface area contributed by atoms with Crippen LogP contribution < -0.4 is 15.5 Å². The van der Waals surface area contributed by atoms with Gasteiger partial charge >= 0.3 is 0 Å². The number of halogens is 2. The molecule has 1 fully saturated rings. The van der Waals surface area contributed by atoms with Crippen molar-refractivity contribution >= 4 is 35.6 Å². The molecule has 3 rings (SSSR count). The van der Waals surface area contributed by atoms with Gasteiger partial charge in [0, 0.05) is 38.9 Å². The Bertz CT molecular complexity index is 723. The fourth-order valence-electron chi connectivity index (χ4n) is 3.35. The first kappa shape index (κ1) is 21.5. The number of benzene rings is 2. The summed E-state index contributed by atoms with van der Waals surface area (Å²) in [5.74, 6) is 1.23. The molecule has 1 heterocycles. The summed E-state index contributed by atoms with van der Waals surface area (Å²) in [7, 11) is 1.77. The topological polar surface area (TPSA) is 39.7 Å². The van der Waals surface area contributed by atoms with Crippen LogP contribution in [0.3, 0.4) is 0 Å². The summed E-state index contributed by atoms with van der Waals surface area (Å²) in [5, 5.41) is 6.67. The molecule has 1 saturated heterocycles. The maximum atomic E-state index is 13.6. The number of hydrogen-bond donors (Lipinski definition) is 2. The molecule has 0 aliphatic carbocycles.